The van der Waals surface area contributed by atoms with Gasteiger partial charge in [0.15, 0.2) is 5.69 Å². The minimum atomic E-state index is -0.499. The van der Waals surface area contributed by atoms with E-state index in [4.69, 9.17) is 10.5 Å². The van der Waals surface area contributed by atoms with Gasteiger partial charge in [0.2, 0.25) is 0 Å². The van der Waals surface area contributed by atoms with Crippen molar-refractivity contribution in [3.63, 3.8) is 0 Å². The Morgan fingerprint density at radius 3 is 2.68 bits per heavy atom. The Kier molecular flexibility index (Phi) is 4.23. The van der Waals surface area contributed by atoms with Gasteiger partial charge in [0.1, 0.15) is 5.82 Å². The lowest BCUT2D eigenvalue weighted by molar-refractivity contribution is 0.0496. The minimum absolute atomic E-state index is 0.169. The number of H-pyrrole nitrogens is 1. The van der Waals surface area contributed by atoms with Crippen molar-refractivity contribution in [2.75, 3.05) is 37.5 Å². The molecule has 4 N–H and O–H groups in total. The number of nitrogens with two attached hydrogens (primary N) is 1. The smallest absolute Gasteiger partial charge is 0.330 e. The lowest BCUT2D eigenvalue weighted by atomic mass is 10.4. The van der Waals surface area contributed by atoms with Crippen molar-refractivity contribution in [3.05, 3.63) is 20.8 Å². The highest BCUT2D eigenvalue weighted by molar-refractivity contribution is 5.59. The Labute approximate surface area is 110 Å². The number of aromatic nitrogens is 2. The van der Waals surface area contributed by atoms with E-state index in [9.17, 15) is 9.59 Å². The summed E-state index contributed by atoms with van der Waals surface area (Å²) in [5.74, 6) is 0.169. The summed E-state index contributed by atoms with van der Waals surface area (Å²) in [4.78, 5) is 25.8. The van der Waals surface area contributed by atoms with E-state index in [1.54, 1.807) is 0 Å². The van der Waals surface area contributed by atoms with Crippen molar-refractivity contribution in [1.82, 2.24) is 14.6 Å². The Morgan fingerprint density at radius 2 is 2.05 bits per heavy atom. The van der Waals surface area contributed by atoms with Gasteiger partial charge in [0.05, 0.1) is 13.2 Å². The maximum absolute atomic E-state index is 11.8. The van der Waals surface area contributed by atoms with Crippen LogP contribution in [0.15, 0.2) is 9.59 Å². The molecule has 0 amide bonds. The van der Waals surface area contributed by atoms with E-state index in [-0.39, 0.29) is 11.5 Å². The molecule has 19 heavy (non-hydrogen) atoms. The summed E-state index contributed by atoms with van der Waals surface area (Å²) in [6.45, 7) is 4.92. The Hall–Kier alpha value is -1.80. The summed E-state index contributed by atoms with van der Waals surface area (Å²) in [5, 5.41) is 1.85. The molecule has 1 aromatic rings. The number of hydrogen-bond donors (Lipinski definition) is 3. The van der Waals surface area contributed by atoms with Crippen LogP contribution in [0.4, 0.5) is 11.5 Å². The van der Waals surface area contributed by atoms with Gasteiger partial charge in [-0.15, -0.1) is 0 Å². The minimum Gasteiger partial charge on any atom is -0.383 e. The Bertz CT molecular complexity index is 544. The van der Waals surface area contributed by atoms with E-state index in [2.05, 4.69) is 10.4 Å². The number of nitrogen functional groups attached to an aromatic ring is 1. The maximum atomic E-state index is 11.8. The van der Waals surface area contributed by atoms with Crippen LogP contribution < -0.4 is 22.4 Å². The molecular formula is C11H19N5O3. The van der Waals surface area contributed by atoms with Crippen molar-refractivity contribution in [3.8, 4) is 0 Å². The van der Waals surface area contributed by atoms with Crippen molar-refractivity contribution >= 4 is 11.5 Å². The largest absolute Gasteiger partial charge is 0.383 e. The molecule has 0 atom stereocenters. The highest BCUT2D eigenvalue weighted by atomic mass is 16.5. The molecule has 0 bridgehead atoms. The second-order valence-electron chi connectivity index (χ2n) is 4.38. The standard InChI is InChI=1S/C11H19N5O3/c1-2-3-16-9(12)8(10(17)13-11(16)18)14-15-4-6-19-7-5-15/h14H,2-7,12H2,1H3,(H,13,17,18). The molecule has 1 aliphatic heterocycles. The average molecular weight is 269 g/mol. The van der Waals surface area contributed by atoms with E-state index < -0.39 is 11.2 Å². The van der Waals surface area contributed by atoms with Crippen LogP contribution in [-0.2, 0) is 11.3 Å². The molecular weight excluding hydrogens is 250 g/mol. The summed E-state index contributed by atoms with van der Waals surface area (Å²) in [5.41, 5.74) is 8.12. The first-order chi connectivity index (χ1) is 9.13. The zero-order valence-corrected chi connectivity index (χ0v) is 10.9. The summed E-state index contributed by atoms with van der Waals surface area (Å²) >= 11 is 0. The number of hydrazine groups is 1. The lowest BCUT2D eigenvalue weighted by Gasteiger charge is -2.28. The molecule has 2 rings (SSSR count). The molecule has 8 heteroatoms. The van der Waals surface area contributed by atoms with E-state index in [0.717, 1.165) is 6.42 Å². The van der Waals surface area contributed by atoms with Gasteiger partial charge in [0.25, 0.3) is 5.56 Å². The molecule has 0 radical (unpaired) electrons. The third kappa shape index (κ3) is 2.96. The van der Waals surface area contributed by atoms with E-state index >= 15 is 0 Å². The highest BCUT2D eigenvalue weighted by Crippen LogP contribution is 2.12. The van der Waals surface area contributed by atoms with Crippen LogP contribution in [0, 0.1) is 0 Å². The molecule has 1 aliphatic rings. The second-order valence-corrected chi connectivity index (χ2v) is 4.38. The zero-order valence-electron chi connectivity index (χ0n) is 10.9. The number of nitrogens with zero attached hydrogens (tertiary/aromatic N) is 2. The first-order valence-electron chi connectivity index (χ1n) is 6.35. The quantitative estimate of drug-likeness (QED) is 0.660. The zero-order chi connectivity index (χ0) is 13.8. The first-order valence-corrected chi connectivity index (χ1v) is 6.35. The topological polar surface area (TPSA) is 105 Å². The summed E-state index contributed by atoms with van der Waals surface area (Å²) < 4.78 is 6.59. The molecule has 0 aliphatic carbocycles. The normalized spacial score (nSPS) is 16.5. The first kappa shape index (κ1) is 13.6. The number of morpholine rings is 1. The average Bonchev–Trinajstić information content (AvgIpc) is 2.41. The molecule has 0 aromatic carbocycles. The third-order valence-corrected chi connectivity index (χ3v) is 2.97. The van der Waals surface area contributed by atoms with Gasteiger partial charge in [-0.3, -0.25) is 14.3 Å². The number of ether oxygens (including phenoxy) is 1. The molecule has 106 valence electrons. The Morgan fingerprint density at radius 1 is 1.37 bits per heavy atom. The van der Waals surface area contributed by atoms with Crippen LogP contribution in [-0.4, -0.2) is 40.9 Å². The third-order valence-electron chi connectivity index (χ3n) is 2.97. The molecule has 8 nitrogen and oxygen atoms in total. The fourth-order valence-electron chi connectivity index (χ4n) is 1.97. The predicted octanol–water partition coefficient (Wildman–Crippen LogP) is -0.812. The van der Waals surface area contributed by atoms with Crippen LogP contribution in [0.1, 0.15) is 13.3 Å². The molecule has 2 heterocycles. The fraction of sp³-hybridized carbons (Fsp3) is 0.636. The molecule has 1 saturated heterocycles. The predicted molar refractivity (Wildman–Crippen MR) is 72.0 cm³/mol. The van der Waals surface area contributed by atoms with Crippen LogP contribution >= 0.6 is 0 Å². The SMILES string of the molecule is CCCn1c(N)c(NN2CCOCC2)c(=O)[nH]c1=O. The lowest BCUT2D eigenvalue weighted by Crippen LogP contribution is -2.43. The van der Waals surface area contributed by atoms with Crippen LogP contribution in [0.25, 0.3) is 0 Å². The van der Waals surface area contributed by atoms with Gasteiger partial charge in [-0.2, -0.15) is 0 Å². The van der Waals surface area contributed by atoms with Gasteiger partial charge in [0, 0.05) is 19.6 Å². The van der Waals surface area contributed by atoms with Gasteiger partial charge in [-0.1, -0.05) is 6.92 Å². The van der Waals surface area contributed by atoms with E-state index in [0.29, 0.717) is 32.8 Å². The van der Waals surface area contributed by atoms with Crippen LogP contribution in [0.2, 0.25) is 0 Å². The fourth-order valence-corrected chi connectivity index (χ4v) is 1.97. The van der Waals surface area contributed by atoms with E-state index in [1.165, 1.54) is 4.57 Å². The molecule has 0 unspecified atom stereocenters. The summed E-state index contributed by atoms with van der Waals surface area (Å²) in [7, 11) is 0. The van der Waals surface area contributed by atoms with Crippen LogP contribution in [0.3, 0.4) is 0 Å². The number of nitrogens with one attached hydrogen (secondary N) is 2. The van der Waals surface area contributed by atoms with Gasteiger partial charge >= 0.3 is 5.69 Å². The van der Waals surface area contributed by atoms with Crippen molar-refractivity contribution < 1.29 is 4.74 Å². The number of hydrogen-bond acceptors (Lipinski definition) is 6. The number of aromatic amines is 1. The Balaban J connectivity index is 2.30. The van der Waals surface area contributed by atoms with Gasteiger partial charge in [-0.05, 0) is 6.42 Å². The number of anilines is 2. The number of rotatable bonds is 4. The molecule has 0 spiro atoms. The van der Waals surface area contributed by atoms with E-state index in [1.807, 2.05) is 11.9 Å². The summed E-state index contributed by atoms with van der Waals surface area (Å²) in [6.07, 6.45) is 0.757. The van der Waals surface area contributed by atoms with Crippen molar-refractivity contribution in [2.45, 2.75) is 19.9 Å². The molecule has 0 saturated carbocycles. The van der Waals surface area contributed by atoms with Crippen molar-refractivity contribution in [1.29, 1.82) is 0 Å². The molecule has 1 aromatic heterocycles. The van der Waals surface area contributed by atoms with Crippen LogP contribution in [0.5, 0.6) is 0 Å². The molecule has 1 fully saturated rings. The second kappa shape index (κ2) is 5.89. The van der Waals surface area contributed by atoms with Gasteiger partial charge < -0.3 is 15.9 Å². The summed E-state index contributed by atoms with van der Waals surface area (Å²) in [6, 6.07) is 0. The van der Waals surface area contributed by atoms with Gasteiger partial charge in [-0.25, -0.2) is 9.80 Å². The highest BCUT2D eigenvalue weighted by Gasteiger charge is 2.16. The monoisotopic (exact) mass is 269 g/mol. The van der Waals surface area contributed by atoms with Crippen molar-refractivity contribution in [2.24, 2.45) is 0 Å². The maximum Gasteiger partial charge on any atom is 0.330 e.